The molecule has 0 aliphatic carbocycles. The zero-order valence-corrected chi connectivity index (χ0v) is 7.30. The van der Waals surface area contributed by atoms with Gasteiger partial charge in [-0.15, -0.1) is 0 Å². The van der Waals surface area contributed by atoms with Crippen LogP contribution in [0.25, 0.3) is 0 Å². The van der Waals surface area contributed by atoms with E-state index in [1.165, 1.54) is 6.42 Å². The first kappa shape index (κ1) is 7.56. The zero-order chi connectivity index (χ0) is 7.90. The van der Waals surface area contributed by atoms with Gasteiger partial charge in [0.1, 0.15) is 0 Å². The van der Waals surface area contributed by atoms with Crippen LogP contribution in [0.4, 0.5) is 0 Å². The molecule has 2 rings (SSSR count). The van der Waals surface area contributed by atoms with E-state index in [0.29, 0.717) is 11.5 Å². The lowest BCUT2D eigenvalue weighted by Gasteiger charge is -2.52. The molecule has 2 unspecified atom stereocenters. The van der Waals surface area contributed by atoms with Gasteiger partial charge in [-0.1, -0.05) is 13.8 Å². The standard InChI is InChI=1S/C9H16O2/c1-3-7-4-11-8(7)9(2)5-10-6-9/h7-8H,3-6H2,1-2H3. The van der Waals surface area contributed by atoms with Crippen molar-refractivity contribution in [1.82, 2.24) is 0 Å². The van der Waals surface area contributed by atoms with Gasteiger partial charge >= 0.3 is 0 Å². The highest BCUT2D eigenvalue weighted by Gasteiger charge is 2.49. The third-order valence-corrected chi connectivity index (χ3v) is 2.99. The van der Waals surface area contributed by atoms with Gasteiger partial charge < -0.3 is 9.47 Å². The third kappa shape index (κ3) is 1.00. The average molecular weight is 156 g/mol. The Morgan fingerprint density at radius 3 is 2.45 bits per heavy atom. The van der Waals surface area contributed by atoms with E-state index >= 15 is 0 Å². The van der Waals surface area contributed by atoms with Gasteiger partial charge in [0.15, 0.2) is 0 Å². The summed E-state index contributed by atoms with van der Waals surface area (Å²) in [6.07, 6.45) is 1.74. The monoisotopic (exact) mass is 156 g/mol. The largest absolute Gasteiger partial charge is 0.380 e. The Balaban J connectivity index is 1.94. The van der Waals surface area contributed by atoms with Gasteiger partial charge in [0.2, 0.25) is 0 Å². The van der Waals surface area contributed by atoms with Crippen LogP contribution in [0.15, 0.2) is 0 Å². The second kappa shape index (κ2) is 2.46. The molecule has 2 fully saturated rings. The molecule has 0 radical (unpaired) electrons. The molecule has 64 valence electrons. The molecule has 2 aliphatic heterocycles. The second-order valence-electron chi connectivity index (χ2n) is 4.07. The van der Waals surface area contributed by atoms with Gasteiger partial charge in [0.05, 0.1) is 25.9 Å². The molecule has 2 aliphatic rings. The van der Waals surface area contributed by atoms with E-state index in [2.05, 4.69) is 13.8 Å². The summed E-state index contributed by atoms with van der Waals surface area (Å²) in [7, 11) is 0. The third-order valence-electron chi connectivity index (χ3n) is 2.99. The maximum atomic E-state index is 5.56. The molecule has 2 nitrogen and oxygen atoms in total. The molecule has 0 N–H and O–H groups in total. The van der Waals surface area contributed by atoms with E-state index in [1.54, 1.807) is 0 Å². The molecular weight excluding hydrogens is 140 g/mol. The van der Waals surface area contributed by atoms with Crippen LogP contribution in [0.1, 0.15) is 20.3 Å². The summed E-state index contributed by atoms with van der Waals surface area (Å²) in [6, 6.07) is 0. The number of hydrogen-bond acceptors (Lipinski definition) is 2. The SMILES string of the molecule is CCC1COC1C1(C)COC1. The number of rotatable bonds is 2. The van der Waals surface area contributed by atoms with Crippen LogP contribution in [0.5, 0.6) is 0 Å². The molecule has 0 spiro atoms. The molecule has 2 heterocycles. The molecule has 0 bridgehead atoms. The summed E-state index contributed by atoms with van der Waals surface area (Å²) < 4.78 is 10.8. The summed E-state index contributed by atoms with van der Waals surface area (Å²) in [5, 5.41) is 0. The van der Waals surface area contributed by atoms with E-state index < -0.39 is 0 Å². The maximum absolute atomic E-state index is 5.56. The highest BCUT2D eigenvalue weighted by Crippen LogP contribution is 2.42. The van der Waals surface area contributed by atoms with Gasteiger partial charge in [0.25, 0.3) is 0 Å². The minimum atomic E-state index is 0.346. The van der Waals surface area contributed by atoms with Crippen molar-refractivity contribution in [2.24, 2.45) is 11.3 Å². The zero-order valence-electron chi connectivity index (χ0n) is 7.30. The average Bonchev–Trinajstić information content (AvgIpc) is 1.83. The minimum absolute atomic E-state index is 0.346. The van der Waals surface area contributed by atoms with Crippen molar-refractivity contribution in [2.45, 2.75) is 26.4 Å². The van der Waals surface area contributed by atoms with Crippen LogP contribution < -0.4 is 0 Å². The number of ether oxygens (including phenoxy) is 2. The topological polar surface area (TPSA) is 18.5 Å². The molecule has 11 heavy (non-hydrogen) atoms. The highest BCUT2D eigenvalue weighted by atomic mass is 16.5. The van der Waals surface area contributed by atoms with Crippen molar-refractivity contribution >= 4 is 0 Å². The summed E-state index contributed by atoms with van der Waals surface area (Å²) in [5.74, 6) is 0.795. The van der Waals surface area contributed by atoms with Crippen LogP contribution in [0.3, 0.4) is 0 Å². The maximum Gasteiger partial charge on any atom is 0.0722 e. The molecule has 0 amide bonds. The van der Waals surface area contributed by atoms with E-state index in [9.17, 15) is 0 Å². The molecule has 0 aromatic rings. The highest BCUT2D eigenvalue weighted by molar-refractivity contribution is 4.96. The second-order valence-corrected chi connectivity index (χ2v) is 4.07. The summed E-state index contributed by atoms with van der Waals surface area (Å²) in [4.78, 5) is 0. The van der Waals surface area contributed by atoms with Crippen LogP contribution >= 0.6 is 0 Å². The molecule has 0 aromatic heterocycles. The Labute approximate surface area is 67.9 Å². The Hall–Kier alpha value is -0.0800. The first-order chi connectivity index (χ1) is 5.26. The smallest absolute Gasteiger partial charge is 0.0722 e. The fraction of sp³-hybridized carbons (Fsp3) is 1.00. The van der Waals surface area contributed by atoms with Crippen LogP contribution in [-0.2, 0) is 9.47 Å². The van der Waals surface area contributed by atoms with Crippen molar-refractivity contribution in [3.63, 3.8) is 0 Å². The molecule has 2 atom stereocenters. The van der Waals surface area contributed by atoms with E-state index in [4.69, 9.17) is 9.47 Å². The molecule has 0 saturated carbocycles. The molecule has 0 aromatic carbocycles. The van der Waals surface area contributed by atoms with E-state index in [0.717, 1.165) is 25.7 Å². The van der Waals surface area contributed by atoms with Gasteiger partial charge in [0, 0.05) is 11.3 Å². The summed E-state index contributed by atoms with van der Waals surface area (Å²) in [6.45, 7) is 7.27. The Morgan fingerprint density at radius 2 is 2.18 bits per heavy atom. The lowest BCUT2D eigenvalue weighted by Crippen LogP contribution is -2.59. The minimum Gasteiger partial charge on any atom is -0.380 e. The van der Waals surface area contributed by atoms with Crippen molar-refractivity contribution in [1.29, 1.82) is 0 Å². The van der Waals surface area contributed by atoms with Crippen molar-refractivity contribution in [3.05, 3.63) is 0 Å². The van der Waals surface area contributed by atoms with Gasteiger partial charge in [-0.2, -0.15) is 0 Å². The van der Waals surface area contributed by atoms with E-state index in [1.807, 2.05) is 0 Å². The lowest BCUT2D eigenvalue weighted by atomic mass is 9.73. The molecule has 2 saturated heterocycles. The van der Waals surface area contributed by atoms with Crippen molar-refractivity contribution in [2.75, 3.05) is 19.8 Å². The fourth-order valence-corrected chi connectivity index (χ4v) is 2.02. The Bertz CT molecular complexity index is 150. The lowest BCUT2D eigenvalue weighted by molar-refractivity contribution is -0.249. The fourth-order valence-electron chi connectivity index (χ4n) is 2.02. The first-order valence-electron chi connectivity index (χ1n) is 4.45. The number of hydrogen-bond donors (Lipinski definition) is 0. The summed E-state index contributed by atoms with van der Waals surface area (Å²) in [5.41, 5.74) is 0.346. The molecular formula is C9H16O2. The first-order valence-corrected chi connectivity index (χ1v) is 4.45. The van der Waals surface area contributed by atoms with Crippen LogP contribution in [0, 0.1) is 11.3 Å². The van der Waals surface area contributed by atoms with Crippen LogP contribution in [-0.4, -0.2) is 25.9 Å². The predicted molar refractivity (Wildman–Crippen MR) is 42.4 cm³/mol. The van der Waals surface area contributed by atoms with Crippen molar-refractivity contribution in [3.8, 4) is 0 Å². The van der Waals surface area contributed by atoms with Gasteiger partial charge in [-0.25, -0.2) is 0 Å². The summed E-state index contributed by atoms with van der Waals surface area (Å²) >= 11 is 0. The van der Waals surface area contributed by atoms with Gasteiger partial charge in [-0.05, 0) is 6.42 Å². The predicted octanol–water partition coefficient (Wildman–Crippen LogP) is 1.45. The normalized spacial score (nSPS) is 40.9. The van der Waals surface area contributed by atoms with Crippen molar-refractivity contribution < 1.29 is 9.47 Å². The van der Waals surface area contributed by atoms with E-state index in [-0.39, 0.29) is 0 Å². The Morgan fingerprint density at radius 1 is 1.45 bits per heavy atom. The van der Waals surface area contributed by atoms with Gasteiger partial charge in [-0.3, -0.25) is 0 Å². The molecule has 2 heteroatoms. The quantitative estimate of drug-likeness (QED) is 0.602. The Kier molecular flexibility index (Phi) is 1.69. The van der Waals surface area contributed by atoms with Crippen LogP contribution in [0.2, 0.25) is 0 Å².